The van der Waals surface area contributed by atoms with Crippen LogP contribution < -0.4 is 5.32 Å². The minimum atomic E-state index is -0.498. The first-order chi connectivity index (χ1) is 12.5. The molecule has 0 spiro atoms. The van der Waals surface area contributed by atoms with Crippen LogP contribution in [0.1, 0.15) is 12.5 Å². The number of hydrogen-bond donors (Lipinski definition) is 1. The topological polar surface area (TPSA) is 91.8 Å². The quantitative estimate of drug-likeness (QED) is 0.688. The van der Waals surface area contributed by atoms with Crippen molar-refractivity contribution in [3.8, 4) is 17.5 Å². The van der Waals surface area contributed by atoms with Crippen LogP contribution in [0.5, 0.6) is 0 Å². The predicted octanol–water partition coefficient (Wildman–Crippen LogP) is 3.87. The molecule has 1 heterocycles. The highest BCUT2D eigenvalue weighted by molar-refractivity contribution is 8.00. The number of carbonyl (C=O) groups is 1. The third-order valence-corrected chi connectivity index (χ3v) is 4.34. The Labute approximate surface area is 153 Å². The molecule has 1 N–H and O–H groups in total. The summed E-state index contributed by atoms with van der Waals surface area (Å²) in [5, 5.41) is 19.2. The van der Waals surface area contributed by atoms with E-state index in [1.165, 1.54) is 24.3 Å². The van der Waals surface area contributed by atoms with Gasteiger partial charge >= 0.3 is 0 Å². The molecule has 2 aromatic carbocycles. The second-order valence-electron chi connectivity index (χ2n) is 5.32. The van der Waals surface area contributed by atoms with Crippen molar-refractivity contribution >= 4 is 23.4 Å². The van der Waals surface area contributed by atoms with E-state index in [2.05, 4.69) is 15.5 Å². The molecule has 1 atom stereocenters. The Bertz CT molecular complexity index is 966. The molecule has 0 aliphatic heterocycles. The van der Waals surface area contributed by atoms with E-state index in [4.69, 9.17) is 9.68 Å². The molecular formula is C18H13FN4O2S. The van der Waals surface area contributed by atoms with Crippen LogP contribution in [0.4, 0.5) is 10.1 Å². The van der Waals surface area contributed by atoms with Gasteiger partial charge in [0.1, 0.15) is 5.82 Å². The van der Waals surface area contributed by atoms with Gasteiger partial charge in [-0.2, -0.15) is 5.26 Å². The van der Waals surface area contributed by atoms with E-state index in [1.54, 1.807) is 31.2 Å². The van der Waals surface area contributed by atoms with Crippen molar-refractivity contribution in [2.75, 3.05) is 5.32 Å². The Balaban J connectivity index is 1.64. The van der Waals surface area contributed by atoms with E-state index < -0.39 is 5.25 Å². The Kier molecular flexibility index (Phi) is 5.29. The number of carbonyl (C=O) groups excluding carboxylic acids is 1. The number of anilines is 1. The number of nitriles is 1. The van der Waals surface area contributed by atoms with E-state index >= 15 is 0 Å². The average Bonchev–Trinajstić information content (AvgIpc) is 3.11. The molecule has 26 heavy (non-hydrogen) atoms. The molecule has 8 heteroatoms. The van der Waals surface area contributed by atoms with Gasteiger partial charge in [0.2, 0.25) is 11.8 Å². The maximum absolute atomic E-state index is 13.0. The zero-order chi connectivity index (χ0) is 18.5. The second kappa shape index (κ2) is 7.80. The van der Waals surface area contributed by atoms with Crippen molar-refractivity contribution in [2.45, 2.75) is 17.4 Å². The summed E-state index contributed by atoms with van der Waals surface area (Å²) in [6, 6.07) is 14.3. The highest BCUT2D eigenvalue weighted by atomic mass is 32.2. The number of aromatic nitrogens is 2. The molecule has 0 fully saturated rings. The van der Waals surface area contributed by atoms with Gasteiger partial charge in [-0.1, -0.05) is 17.8 Å². The van der Waals surface area contributed by atoms with Gasteiger partial charge in [-0.05, 0) is 49.4 Å². The number of rotatable bonds is 5. The fourth-order valence-electron chi connectivity index (χ4n) is 2.08. The van der Waals surface area contributed by atoms with Gasteiger partial charge in [-0.15, -0.1) is 10.2 Å². The number of hydrogen-bond acceptors (Lipinski definition) is 6. The van der Waals surface area contributed by atoms with Crippen LogP contribution in [0, 0.1) is 17.1 Å². The molecule has 0 bridgehead atoms. The van der Waals surface area contributed by atoms with Gasteiger partial charge in [0, 0.05) is 11.3 Å². The highest BCUT2D eigenvalue weighted by Crippen LogP contribution is 2.27. The molecule has 1 amide bonds. The summed E-state index contributed by atoms with van der Waals surface area (Å²) in [7, 11) is 0. The predicted molar refractivity (Wildman–Crippen MR) is 94.8 cm³/mol. The third kappa shape index (κ3) is 4.26. The maximum atomic E-state index is 13.0. The van der Waals surface area contributed by atoms with Crippen molar-refractivity contribution < 1.29 is 13.6 Å². The first-order valence-electron chi connectivity index (χ1n) is 7.62. The molecule has 1 unspecified atom stereocenters. The van der Waals surface area contributed by atoms with Gasteiger partial charge in [-0.3, -0.25) is 4.79 Å². The Morgan fingerprint density at radius 3 is 2.77 bits per heavy atom. The van der Waals surface area contributed by atoms with Crippen LogP contribution >= 0.6 is 11.8 Å². The number of amides is 1. The Morgan fingerprint density at radius 2 is 2.04 bits per heavy atom. The minimum absolute atomic E-state index is 0.234. The Hall–Kier alpha value is -3.18. The zero-order valence-electron chi connectivity index (χ0n) is 13.6. The smallest absolute Gasteiger partial charge is 0.277 e. The van der Waals surface area contributed by atoms with Crippen LogP contribution in [0.2, 0.25) is 0 Å². The molecule has 6 nitrogen and oxygen atoms in total. The largest absolute Gasteiger partial charge is 0.411 e. The molecule has 0 saturated carbocycles. The van der Waals surface area contributed by atoms with Crippen LogP contribution in [0.15, 0.2) is 58.2 Å². The fraction of sp³-hybridized carbons (Fsp3) is 0.111. The molecule has 3 aromatic rings. The van der Waals surface area contributed by atoms with E-state index in [9.17, 15) is 9.18 Å². The molecule has 130 valence electrons. The van der Waals surface area contributed by atoms with Gasteiger partial charge in [0.15, 0.2) is 0 Å². The molecule has 1 aromatic heterocycles. The van der Waals surface area contributed by atoms with Crippen LogP contribution in [0.25, 0.3) is 11.5 Å². The number of halogens is 1. The SMILES string of the molecule is CC(Sc1nnc(-c2ccc(F)cc2)o1)C(=O)Nc1cccc(C#N)c1. The van der Waals surface area contributed by atoms with Crippen molar-refractivity contribution in [3.63, 3.8) is 0 Å². The number of benzene rings is 2. The summed E-state index contributed by atoms with van der Waals surface area (Å²) < 4.78 is 18.5. The van der Waals surface area contributed by atoms with Crippen molar-refractivity contribution in [1.82, 2.24) is 10.2 Å². The highest BCUT2D eigenvalue weighted by Gasteiger charge is 2.19. The van der Waals surface area contributed by atoms with Crippen LogP contribution in [-0.4, -0.2) is 21.4 Å². The Morgan fingerprint density at radius 1 is 1.27 bits per heavy atom. The normalized spacial score (nSPS) is 11.6. The molecule has 3 rings (SSSR count). The summed E-state index contributed by atoms with van der Waals surface area (Å²) in [4.78, 5) is 12.3. The molecule has 0 aliphatic carbocycles. The van der Waals surface area contributed by atoms with Crippen molar-refractivity contribution in [2.24, 2.45) is 0 Å². The molecule has 0 radical (unpaired) electrons. The summed E-state index contributed by atoms with van der Waals surface area (Å²) in [6.07, 6.45) is 0. The van der Waals surface area contributed by atoms with Gasteiger partial charge in [0.25, 0.3) is 5.22 Å². The van der Waals surface area contributed by atoms with Crippen molar-refractivity contribution in [3.05, 3.63) is 59.9 Å². The first-order valence-corrected chi connectivity index (χ1v) is 8.50. The second-order valence-corrected chi connectivity index (χ2v) is 6.61. The maximum Gasteiger partial charge on any atom is 0.277 e. The lowest BCUT2D eigenvalue weighted by Gasteiger charge is -2.09. The monoisotopic (exact) mass is 368 g/mol. The van der Waals surface area contributed by atoms with Gasteiger partial charge < -0.3 is 9.73 Å². The lowest BCUT2D eigenvalue weighted by atomic mass is 10.2. The number of nitrogens with one attached hydrogen (secondary N) is 1. The standard InChI is InChI=1S/C18H13FN4O2S/c1-11(16(24)21-15-4-2-3-12(9-15)10-20)26-18-23-22-17(25-18)13-5-7-14(19)8-6-13/h2-9,11H,1H3,(H,21,24). The summed E-state index contributed by atoms with van der Waals surface area (Å²) >= 11 is 1.11. The fourth-order valence-corrected chi connectivity index (χ4v) is 2.77. The number of thioether (sulfide) groups is 1. The molecule has 0 aliphatic rings. The van der Waals surface area contributed by atoms with E-state index in [0.29, 0.717) is 16.8 Å². The minimum Gasteiger partial charge on any atom is -0.411 e. The van der Waals surface area contributed by atoms with Crippen molar-refractivity contribution in [1.29, 1.82) is 5.26 Å². The third-order valence-electron chi connectivity index (χ3n) is 3.40. The van der Waals surface area contributed by atoms with E-state index in [-0.39, 0.29) is 22.8 Å². The number of nitrogens with zero attached hydrogens (tertiary/aromatic N) is 3. The molecular weight excluding hydrogens is 355 g/mol. The summed E-state index contributed by atoms with van der Waals surface area (Å²) in [5.41, 5.74) is 1.60. The lowest BCUT2D eigenvalue weighted by molar-refractivity contribution is -0.115. The van der Waals surface area contributed by atoms with Crippen LogP contribution in [0.3, 0.4) is 0 Å². The summed E-state index contributed by atoms with van der Waals surface area (Å²) in [6.45, 7) is 1.70. The van der Waals surface area contributed by atoms with E-state index in [1.807, 2.05) is 6.07 Å². The zero-order valence-corrected chi connectivity index (χ0v) is 14.5. The van der Waals surface area contributed by atoms with Gasteiger partial charge in [-0.25, -0.2) is 4.39 Å². The average molecular weight is 368 g/mol. The van der Waals surface area contributed by atoms with Crippen LogP contribution in [-0.2, 0) is 4.79 Å². The summed E-state index contributed by atoms with van der Waals surface area (Å²) in [5.74, 6) is -0.359. The van der Waals surface area contributed by atoms with E-state index in [0.717, 1.165) is 11.8 Å². The first kappa shape index (κ1) is 17.6. The lowest BCUT2D eigenvalue weighted by Crippen LogP contribution is -2.22. The van der Waals surface area contributed by atoms with Gasteiger partial charge in [0.05, 0.1) is 16.9 Å². The molecule has 0 saturated heterocycles.